The maximum absolute atomic E-state index is 13.2. The molecule has 0 aliphatic carbocycles. The zero-order valence-corrected chi connectivity index (χ0v) is 18.2. The van der Waals surface area contributed by atoms with Gasteiger partial charge in [-0.3, -0.25) is 4.79 Å². The van der Waals surface area contributed by atoms with Gasteiger partial charge in [0.2, 0.25) is 0 Å². The van der Waals surface area contributed by atoms with Crippen LogP contribution < -0.4 is 5.32 Å². The molecular weight excluding hydrogens is 362 g/mol. The summed E-state index contributed by atoms with van der Waals surface area (Å²) in [5.74, 6) is -0.751. The smallest absolute Gasteiger partial charge is 0.355 e. The van der Waals surface area contributed by atoms with Crippen molar-refractivity contribution in [1.82, 2.24) is 15.2 Å². The fraction of sp³-hybridized carbons (Fsp3) is 0.650. The first-order valence-electron chi connectivity index (χ1n) is 9.42. The number of H-pyrrole nitrogens is 1. The molecule has 1 heterocycles. The third-order valence-electron chi connectivity index (χ3n) is 4.29. The van der Waals surface area contributed by atoms with E-state index in [1.165, 1.54) is 4.90 Å². The number of aromatic nitrogens is 1. The summed E-state index contributed by atoms with van der Waals surface area (Å²) in [4.78, 5) is 42.5. The van der Waals surface area contributed by atoms with Gasteiger partial charge in [-0.1, -0.05) is 0 Å². The lowest BCUT2D eigenvalue weighted by Crippen LogP contribution is -2.54. The number of nitrogens with one attached hydrogen (secondary N) is 2. The molecule has 28 heavy (non-hydrogen) atoms. The van der Waals surface area contributed by atoms with Crippen molar-refractivity contribution >= 4 is 17.8 Å². The quantitative estimate of drug-likeness (QED) is 0.521. The third kappa shape index (κ3) is 5.82. The Bertz CT molecular complexity index is 718. The van der Waals surface area contributed by atoms with Crippen LogP contribution in [-0.2, 0) is 9.47 Å². The number of urea groups is 1. The molecule has 0 saturated heterocycles. The first-order valence-corrected chi connectivity index (χ1v) is 9.42. The van der Waals surface area contributed by atoms with E-state index < -0.39 is 17.6 Å². The molecule has 0 aromatic carbocycles. The van der Waals surface area contributed by atoms with Crippen LogP contribution in [0.15, 0.2) is 0 Å². The van der Waals surface area contributed by atoms with Gasteiger partial charge in [-0.15, -0.1) is 0 Å². The number of esters is 1. The molecule has 0 radical (unpaired) electrons. The number of carbonyl (C=O) groups excluding carboxylic acids is 3. The summed E-state index contributed by atoms with van der Waals surface area (Å²) in [6.45, 7) is 13.2. The molecule has 1 aromatic heterocycles. The largest absolute Gasteiger partial charge is 0.461 e. The van der Waals surface area contributed by atoms with Crippen LogP contribution in [-0.4, -0.2) is 66.1 Å². The molecule has 0 unspecified atom stereocenters. The van der Waals surface area contributed by atoms with Gasteiger partial charge < -0.3 is 24.7 Å². The second kappa shape index (κ2) is 9.73. The minimum Gasteiger partial charge on any atom is -0.461 e. The Labute approximate surface area is 167 Å². The molecule has 1 aromatic rings. The Kier molecular flexibility index (Phi) is 8.23. The van der Waals surface area contributed by atoms with Crippen molar-refractivity contribution in [3.8, 4) is 0 Å². The Morgan fingerprint density at radius 3 is 2.32 bits per heavy atom. The maximum atomic E-state index is 13.2. The number of methoxy groups -OCH3 is 1. The van der Waals surface area contributed by atoms with E-state index in [1.807, 2.05) is 20.8 Å². The molecule has 0 aliphatic heterocycles. The molecule has 0 aliphatic rings. The number of carbonyl (C=O) groups is 3. The van der Waals surface area contributed by atoms with Crippen molar-refractivity contribution in [3.05, 3.63) is 22.5 Å². The lowest BCUT2D eigenvalue weighted by molar-refractivity contribution is 0.0519. The van der Waals surface area contributed by atoms with E-state index in [2.05, 4.69) is 10.3 Å². The van der Waals surface area contributed by atoms with E-state index in [4.69, 9.17) is 9.47 Å². The van der Waals surface area contributed by atoms with Crippen LogP contribution in [0.2, 0.25) is 0 Å². The molecule has 0 fully saturated rings. The zero-order chi connectivity index (χ0) is 21.6. The number of rotatable bonds is 8. The Hall–Kier alpha value is -2.35. The summed E-state index contributed by atoms with van der Waals surface area (Å²) >= 11 is 0. The summed E-state index contributed by atoms with van der Waals surface area (Å²) in [6, 6.07) is -1.08. The van der Waals surface area contributed by atoms with Crippen LogP contribution in [0.3, 0.4) is 0 Å². The third-order valence-corrected chi connectivity index (χ3v) is 4.29. The van der Waals surface area contributed by atoms with Crippen molar-refractivity contribution in [2.45, 2.75) is 60.0 Å². The highest BCUT2D eigenvalue weighted by Crippen LogP contribution is 2.22. The minimum atomic E-state index is -0.735. The Morgan fingerprint density at radius 2 is 1.82 bits per heavy atom. The number of nitrogens with zero attached hydrogens (tertiary/aromatic N) is 1. The number of hydrogen-bond acceptors (Lipinski definition) is 5. The Balaban J connectivity index is 3.19. The van der Waals surface area contributed by atoms with Gasteiger partial charge in [0.15, 0.2) is 5.78 Å². The molecule has 0 bridgehead atoms. The minimum absolute atomic E-state index is 0.244. The SMILES string of the molecule is CCOC(=O)c1[nH]c(C)c(C(=O)[C@@H](C)N(CCOC)C(=O)NC(C)(C)C)c1C. The first kappa shape index (κ1) is 23.7. The number of hydrogen-bond donors (Lipinski definition) is 2. The van der Waals surface area contributed by atoms with Crippen molar-refractivity contribution in [3.63, 3.8) is 0 Å². The van der Waals surface area contributed by atoms with Crippen LogP contribution in [0.4, 0.5) is 4.79 Å². The van der Waals surface area contributed by atoms with E-state index in [0.29, 0.717) is 23.4 Å². The van der Waals surface area contributed by atoms with Crippen LogP contribution in [0, 0.1) is 13.8 Å². The number of amides is 2. The maximum Gasteiger partial charge on any atom is 0.355 e. The topological polar surface area (TPSA) is 101 Å². The zero-order valence-electron chi connectivity index (χ0n) is 18.2. The summed E-state index contributed by atoms with van der Waals surface area (Å²) in [5.41, 5.74) is 1.32. The molecular formula is C20H33N3O5. The highest BCUT2D eigenvalue weighted by Gasteiger charge is 2.32. The van der Waals surface area contributed by atoms with E-state index in [9.17, 15) is 14.4 Å². The first-order chi connectivity index (χ1) is 12.9. The van der Waals surface area contributed by atoms with E-state index in [1.54, 1.807) is 34.8 Å². The van der Waals surface area contributed by atoms with Crippen molar-refractivity contribution in [1.29, 1.82) is 0 Å². The highest BCUT2D eigenvalue weighted by molar-refractivity contribution is 6.06. The highest BCUT2D eigenvalue weighted by atomic mass is 16.5. The molecule has 0 saturated carbocycles. The predicted octanol–water partition coefficient (Wildman–Crippen LogP) is 2.84. The second-order valence-electron chi connectivity index (χ2n) is 7.75. The van der Waals surface area contributed by atoms with Crippen LogP contribution in [0.5, 0.6) is 0 Å². The summed E-state index contributed by atoms with van der Waals surface area (Å²) in [6.07, 6.45) is 0. The molecule has 2 amide bonds. The van der Waals surface area contributed by atoms with Gasteiger partial charge in [0.25, 0.3) is 0 Å². The molecule has 8 nitrogen and oxygen atoms in total. The van der Waals surface area contributed by atoms with Crippen LogP contribution in [0.1, 0.15) is 66.7 Å². The molecule has 0 spiro atoms. The number of aromatic amines is 1. The van der Waals surface area contributed by atoms with Crippen LogP contribution >= 0.6 is 0 Å². The molecule has 8 heteroatoms. The summed E-state index contributed by atoms with van der Waals surface area (Å²) in [5, 5.41) is 2.88. The standard InChI is InChI=1S/C20H33N3O5/c1-9-28-18(25)16-12(2)15(13(3)21-16)17(24)14(4)23(10-11-27-8)19(26)22-20(5,6)7/h14,21H,9-11H2,1-8H3,(H,22,26)/t14-/m1/s1. The monoisotopic (exact) mass is 395 g/mol. The normalized spacial score (nSPS) is 12.4. The van der Waals surface area contributed by atoms with Gasteiger partial charge >= 0.3 is 12.0 Å². The van der Waals surface area contributed by atoms with Gasteiger partial charge in [-0.2, -0.15) is 0 Å². The van der Waals surface area contributed by atoms with Crippen molar-refractivity contribution in [2.75, 3.05) is 26.9 Å². The molecule has 1 atom stereocenters. The van der Waals surface area contributed by atoms with Gasteiger partial charge in [-0.25, -0.2) is 9.59 Å². The number of Topliss-reactive ketones (excluding diaryl/α,β-unsaturated/α-hetero) is 1. The lowest BCUT2D eigenvalue weighted by Gasteiger charge is -2.32. The Morgan fingerprint density at radius 1 is 1.21 bits per heavy atom. The molecule has 2 N–H and O–H groups in total. The average molecular weight is 396 g/mol. The second-order valence-corrected chi connectivity index (χ2v) is 7.75. The van der Waals surface area contributed by atoms with Crippen molar-refractivity contribution < 1.29 is 23.9 Å². The van der Waals surface area contributed by atoms with Crippen molar-refractivity contribution in [2.24, 2.45) is 0 Å². The summed E-state index contributed by atoms with van der Waals surface area (Å²) < 4.78 is 10.1. The fourth-order valence-corrected chi connectivity index (χ4v) is 2.93. The van der Waals surface area contributed by atoms with E-state index >= 15 is 0 Å². The average Bonchev–Trinajstić information content (AvgIpc) is 2.87. The number of aryl methyl sites for hydroxylation is 1. The van der Waals surface area contributed by atoms with Gasteiger partial charge in [0.05, 0.1) is 19.3 Å². The number of ketones is 1. The van der Waals surface area contributed by atoms with E-state index in [0.717, 1.165) is 0 Å². The van der Waals surface area contributed by atoms with E-state index in [-0.39, 0.29) is 30.7 Å². The van der Waals surface area contributed by atoms with Gasteiger partial charge in [0, 0.05) is 30.5 Å². The fourth-order valence-electron chi connectivity index (χ4n) is 2.93. The van der Waals surface area contributed by atoms with Gasteiger partial charge in [-0.05, 0) is 54.0 Å². The molecule has 158 valence electrons. The summed E-state index contributed by atoms with van der Waals surface area (Å²) in [7, 11) is 1.54. The van der Waals surface area contributed by atoms with Crippen LogP contribution in [0.25, 0.3) is 0 Å². The van der Waals surface area contributed by atoms with Gasteiger partial charge in [0.1, 0.15) is 5.69 Å². The number of ether oxygens (including phenoxy) is 2. The predicted molar refractivity (Wildman–Crippen MR) is 107 cm³/mol. The molecule has 1 rings (SSSR count). The lowest BCUT2D eigenvalue weighted by atomic mass is 10.00.